The highest BCUT2D eigenvalue weighted by Gasteiger charge is 2.08. The minimum absolute atomic E-state index is 0.0473. The number of hydrogen-bond donors (Lipinski definition) is 3. The normalized spacial score (nSPS) is 10.6. The van der Waals surface area contributed by atoms with Crippen LogP contribution in [0.4, 0.5) is 10.8 Å². The highest BCUT2D eigenvalue weighted by atomic mass is 32.1. The lowest BCUT2D eigenvalue weighted by Gasteiger charge is -2.09. The molecule has 0 amide bonds. The molecule has 22 heavy (non-hydrogen) atoms. The third kappa shape index (κ3) is 3.14. The lowest BCUT2D eigenvalue weighted by atomic mass is 10.1. The van der Waals surface area contributed by atoms with Crippen LogP contribution in [0.1, 0.15) is 11.1 Å². The average Bonchev–Trinajstić information content (AvgIpc) is 3.04. The second-order valence-electron chi connectivity index (χ2n) is 4.69. The topological polar surface area (TPSA) is 78.3 Å². The molecule has 112 valence electrons. The van der Waals surface area contributed by atoms with Crippen molar-refractivity contribution in [1.29, 1.82) is 0 Å². The van der Waals surface area contributed by atoms with Gasteiger partial charge in [-0.15, -0.1) is 11.3 Å². The highest BCUT2D eigenvalue weighted by Crippen LogP contribution is 2.28. The van der Waals surface area contributed by atoms with E-state index in [1.807, 2.05) is 35.7 Å². The van der Waals surface area contributed by atoms with Gasteiger partial charge in [0.05, 0.1) is 18.9 Å². The van der Waals surface area contributed by atoms with Crippen LogP contribution in [0, 0.1) is 0 Å². The van der Waals surface area contributed by atoms with Gasteiger partial charge in [-0.05, 0) is 29.8 Å². The van der Waals surface area contributed by atoms with Crippen molar-refractivity contribution < 1.29 is 10.2 Å². The number of hydrogen-bond acceptors (Lipinski definition) is 6. The largest absolute Gasteiger partial charge is 0.392 e. The summed E-state index contributed by atoms with van der Waals surface area (Å²) in [7, 11) is 0. The predicted molar refractivity (Wildman–Crippen MR) is 86.9 cm³/mol. The van der Waals surface area contributed by atoms with E-state index in [1.165, 1.54) is 11.3 Å². The maximum absolute atomic E-state index is 9.45. The van der Waals surface area contributed by atoms with Crippen LogP contribution in [0.2, 0.25) is 0 Å². The Hall–Kier alpha value is -2.28. The number of aromatic nitrogens is 2. The summed E-state index contributed by atoms with van der Waals surface area (Å²) in [5.41, 5.74) is 3.90. The summed E-state index contributed by atoms with van der Waals surface area (Å²) in [5, 5.41) is 24.5. The molecule has 0 unspecified atom stereocenters. The molecule has 2 heterocycles. The second-order valence-corrected chi connectivity index (χ2v) is 5.54. The summed E-state index contributed by atoms with van der Waals surface area (Å²) in [6.45, 7) is -0.150. The predicted octanol–water partition coefficient (Wildman–Crippen LogP) is 2.93. The van der Waals surface area contributed by atoms with Gasteiger partial charge in [0.1, 0.15) is 5.69 Å². The molecular weight excluding hydrogens is 298 g/mol. The van der Waals surface area contributed by atoms with Gasteiger partial charge in [0.2, 0.25) is 0 Å². The van der Waals surface area contributed by atoms with E-state index in [4.69, 9.17) is 5.11 Å². The van der Waals surface area contributed by atoms with Gasteiger partial charge in [0.15, 0.2) is 5.13 Å². The Bertz CT molecular complexity index is 759. The number of rotatable bonds is 5. The van der Waals surface area contributed by atoms with E-state index in [-0.39, 0.29) is 13.2 Å². The Morgan fingerprint density at radius 1 is 1.05 bits per heavy atom. The van der Waals surface area contributed by atoms with Crippen LogP contribution in [0.25, 0.3) is 11.4 Å². The summed E-state index contributed by atoms with van der Waals surface area (Å²) >= 11 is 1.48. The minimum Gasteiger partial charge on any atom is -0.392 e. The number of benzene rings is 1. The Morgan fingerprint density at radius 2 is 1.95 bits per heavy atom. The third-order valence-corrected chi connectivity index (χ3v) is 3.95. The molecule has 3 N–H and O–H groups in total. The van der Waals surface area contributed by atoms with Crippen molar-refractivity contribution in [2.24, 2.45) is 0 Å². The van der Waals surface area contributed by atoms with Crippen molar-refractivity contribution in [3.8, 4) is 11.4 Å². The molecule has 0 spiro atoms. The number of thiazole rings is 1. The van der Waals surface area contributed by atoms with Gasteiger partial charge in [-0.3, -0.25) is 4.98 Å². The molecular formula is C16H15N3O2S. The molecule has 3 aromatic rings. The first kappa shape index (κ1) is 14.6. The zero-order valence-electron chi connectivity index (χ0n) is 11.7. The third-order valence-electron chi connectivity index (χ3n) is 3.20. The summed E-state index contributed by atoms with van der Waals surface area (Å²) in [5.74, 6) is 0. The van der Waals surface area contributed by atoms with Crippen LogP contribution >= 0.6 is 11.3 Å². The monoisotopic (exact) mass is 313 g/mol. The number of aliphatic hydroxyl groups excluding tert-OH is 2. The maximum Gasteiger partial charge on any atom is 0.187 e. The lowest BCUT2D eigenvalue weighted by molar-refractivity contribution is 0.276. The Balaban J connectivity index is 1.84. The molecule has 0 saturated heterocycles. The number of anilines is 2. The van der Waals surface area contributed by atoms with Crippen molar-refractivity contribution in [2.75, 3.05) is 5.32 Å². The molecule has 1 aromatic carbocycles. The molecule has 0 aliphatic heterocycles. The first-order valence-corrected chi connectivity index (χ1v) is 7.65. The van der Waals surface area contributed by atoms with Crippen LogP contribution in [-0.4, -0.2) is 20.2 Å². The fourth-order valence-corrected chi connectivity index (χ4v) is 2.79. The molecule has 6 heteroatoms. The molecule has 0 radical (unpaired) electrons. The van der Waals surface area contributed by atoms with Crippen LogP contribution < -0.4 is 5.32 Å². The smallest absolute Gasteiger partial charge is 0.187 e. The van der Waals surface area contributed by atoms with Crippen LogP contribution in [0.3, 0.4) is 0 Å². The van der Waals surface area contributed by atoms with Gasteiger partial charge in [0, 0.05) is 22.8 Å². The van der Waals surface area contributed by atoms with Crippen LogP contribution in [0.15, 0.2) is 48.0 Å². The number of pyridine rings is 1. The number of aliphatic hydroxyl groups is 2. The Kier molecular flexibility index (Phi) is 4.43. The zero-order valence-corrected chi connectivity index (χ0v) is 12.5. The summed E-state index contributed by atoms with van der Waals surface area (Å²) in [4.78, 5) is 8.78. The first-order valence-electron chi connectivity index (χ1n) is 6.77. The highest BCUT2D eigenvalue weighted by molar-refractivity contribution is 7.14. The van der Waals surface area contributed by atoms with Crippen molar-refractivity contribution >= 4 is 22.2 Å². The van der Waals surface area contributed by atoms with E-state index in [2.05, 4.69) is 15.3 Å². The summed E-state index contributed by atoms with van der Waals surface area (Å²) in [6, 6.07) is 11.1. The standard InChI is InChI=1S/C16H15N3O2S/c20-8-11-4-5-13(12(7-11)9-21)18-16-19-15(10-22-16)14-3-1-2-6-17-14/h1-7,10,20-21H,8-9H2,(H,18,19). The molecule has 0 atom stereocenters. The fourth-order valence-electron chi connectivity index (χ4n) is 2.08. The molecule has 0 saturated carbocycles. The molecule has 2 aromatic heterocycles. The van der Waals surface area contributed by atoms with Gasteiger partial charge in [-0.25, -0.2) is 4.98 Å². The molecule has 0 bridgehead atoms. The van der Waals surface area contributed by atoms with Crippen molar-refractivity contribution in [2.45, 2.75) is 13.2 Å². The van der Waals surface area contributed by atoms with E-state index in [0.717, 1.165) is 33.3 Å². The number of nitrogens with one attached hydrogen (secondary N) is 1. The van der Waals surface area contributed by atoms with Crippen LogP contribution in [0.5, 0.6) is 0 Å². The lowest BCUT2D eigenvalue weighted by Crippen LogP contribution is -1.97. The summed E-state index contributed by atoms with van der Waals surface area (Å²) in [6.07, 6.45) is 1.74. The molecule has 0 aliphatic carbocycles. The number of nitrogens with zero attached hydrogens (tertiary/aromatic N) is 2. The molecule has 3 rings (SSSR count). The van der Waals surface area contributed by atoms with Gasteiger partial charge >= 0.3 is 0 Å². The zero-order chi connectivity index (χ0) is 15.4. The van der Waals surface area contributed by atoms with Gasteiger partial charge < -0.3 is 15.5 Å². The molecule has 0 fully saturated rings. The maximum atomic E-state index is 9.45. The van der Waals surface area contributed by atoms with Crippen LogP contribution in [-0.2, 0) is 13.2 Å². The Labute approximate surface area is 131 Å². The van der Waals surface area contributed by atoms with Gasteiger partial charge in [-0.1, -0.05) is 12.1 Å². The molecule has 5 nitrogen and oxygen atoms in total. The first-order chi connectivity index (χ1) is 10.8. The summed E-state index contributed by atoms with van der Waals surface area (Å²) < 4.78 is 0. The molecule has 0 aliphatic rings. The quantitative estimate of drug-likeness (QED) is 0.675. The average molecular weight is 313 g/mol. The minimum atomic E-state index is -0.103. The second kappa shape index (κ2) is 6.65. The SMILES string of the molecule is OCc1ccc(Nc2nc(-c3ccccn3)cs2)c(CO)c1. The van der Waals surface area contributed by atoms with Crippen molar-refractivity contribution in [1.82, 2.24) is 9.97 Å². The van der Waals surface area contributed by atoms with E-state index in [9.17, 15) is 5.11 Å². The van der Waals surface area contributed by atoms with E-state index in [0.29, 0.717) is 0 Å². The Morgan fingerprint density at radius 3 is 2.68 bits per heavy atom. The van der Waals surface area contributed by atoms with Crippen molar-refractivity contribution in [3.63, 3.8) is 0 Å². The van der Waals surface area contributed by atoms with E-state index < -0.39 is 0 Å². The van der Waals surface area contributed by atoms with Gasteiger partial charge in [-0.2, -0.15) is 0 Å². The van der Waals surface area contributed by atoms with E-state index >= 15 is 0 Å². The van der Waals surface area contributed by atoms with Crippen molar-refractivity contribution in [3.05, 3.63) is 59.1 Å². The van der Waals surface area contributed by atoms with E-state index in [1.54, 1.807) is 12.3 Å². The fraction of sp³-hybridized carbons (Fsp3) is 0.125. The van der Waals surface area contributed by atoms with Gasteiger partial charge in [0.25, 0.3) is 0 Å².